The Bertz CT molecular complexity index is 430. The van der Waals surface area contributed by atoms with Crippen LogP contribution in [0.15, 0.2) is 24.3 Å². The summed E-state index contributed by atoms with van der Waals surface area (Å²) in [5.41, 5.74) is 1.08. The normalized spacial score (nSPS) is 16.9. The van der Waals surface area contributed by atoms with Gasteiger partial charge >= 0.3 is 6.03 Å². The van der Waals surface area contributed by atoms with Gasteiger partial charge in [0.1, 0.15) is 0 Å². The smallest absolute Gasteiger partial charge is 0.315 e. The highest BCUT2D eigenvalue weighted by Gasteiger charge is 2.27. The molecule has 1 atom stereocenters. The molecule has 1 aliphatic rings. The summed E-state index contributed by atoms with van der Waals surface area (Å²) in [6, 6.07) is 7.42. The van der Waals surface area contributed by atoms with Crippen LogP contribution in [0.25, 0.3) is 0 Å². The van der Waals surface area contributed by atoms with E-state index in [-0.39, 0.29) is 25.2 Å². The van der Waals surface area contributed by atoms with Gasteiger partial charge < -0.3 is 15.7 Å². The predicted molar refractivity (Wildman–Crippen MR) is 79.8 cm³/mol. The maximum absolute atomic E-state index is 11.8. The van der Waals surface area contributed by atoms with E-state index in [1.165, 1.54) is 12.8 Å². The number of aliphatic hydroxyl groups excluding tert-OH is 1. The molecule has 1 fully saturated rings. The largest absolute Gasteiger partial charge is 0.395 e. The molecule has 110 valence electrons. The van der Waals surface area contributed by atoms with Gasteiger partial charge in [0, 0.05) is 11.6 Å². The predicted octanol–water partition coefficient (Wildman–Crippen LogP) is 2.86. The number of carbonyl (C=O) groups is 1. The van der Waals surface area contributed by atoms with Crippen LogP contribution in [0.4, 0.5) is 4.79 Å². The molecule has 5 heteroatoms. The maximum atomic E-state index is 11.8. The number of hydrogen-bond acceptors (Lipinski definition) is 2. The number of aliphatic hydroxyl groups is 1. The molecule has 0 aromatic heterocycles. The fraction of sp³-hybridized carbons (Fsp3) is 0.533. The van der Waals surface area contributed by atoms with Crippen LogP contribution < -0.4 is 10.6 Å². The summed E-state index contributed by atoms with van der Waals surface area (Å²) in [5, 5.41) is 15.1. The van der Waals surface area contributed by atoms with Gasteiger partial charge in [0.25, 0.3) is 0 Å². The van der Waals surface area contributed by atoms with E-state index in [0.717, 1.165) is 18.4 Å². The molecule has 20 heavy (non-hydrogen) atoms. The molecule has 1 saturated carbocycles. The third-order valence-electron chi connectivity index (χ3n) is 3.78. The molecule has 0 bridgehead atoms. The molecule has 1 unspecified atom stereocenters. The third-order valence-corrected chi connectivity index (χ3v) is 4.04. The number of rotatable bonds is 5. The minimum absolute atomic E-state index is 0.00783. The van der Waals surface area contributed by atoms with E-state index in [4.69, 9.17) is 16.7 Å². The van der Waals surface area contributed by atoms with Crippen molar-refractivity contribution in [3.63, 3.8) is 0 Å². The fourth-order valence-corrected chi connectivity index (χ4v) is 2.92. The second-order valence-corrected chi connectivity index (χ2v) is 5.63. The number of amides is 2. The summed E-state index contributed by atoms with van der Waals surface area (Å²) in [7, 11) is 0. The number of nitrogens with one attached hydrogen (secondary N) is 2. The van der Waals surface area contributed by atoms with Gasteiger partial charge in [-0.3, -0.25) is 0 Å². The van der Waals surface area contributed by atoms with Crippen molar-refractivity contribution >= 4 is 17.6 Å². The lowest BCUT2D eigenvalue weighted by Gasteiger charge is -2.25. The summed E-state index contributed by atoms with van der Waals surface area (Å²) >= 11 is 5.92. The van der Waals surface area contributed by atoms with Gasteiger partial charge in [0.05, 0.1) is 12.6 Å². The Balaban J connectivity index is 2.07. The highest BCUT2D eigenvalue weighted by molar-refractivity contribution is 6.30. The number of urea groups is 1. The minimum Gasteiger partial charge on any atom is -0.395 e. The van der Waals surface area contributed by atoms with Crippen LogP contribution in [0, 0.1) is 5.92 Å². The lowest BCUT2D eigenvalue weighted by molar-refractivity contribution is 0.225. The zero-order valence-electron chi connectivity index (χ0n) is 11.4. The molecule has 1 aliphatic carbocycles. The monoisotopic (exact) mass is 296 g/mol. The van der Waals surface area contributed by atoms with Crippen molar-refractivity contribution in [3.8, 4) is 0 Å². The van der Waals surface area contributed by atoms with Crippen LogP contribution in [-0.4, -0.2) is 24.3 Å². The van der Waals surface area contributed by atoms with Crippen LogP contribution in [0.2, 0.25) is 5.02 Å². The van der Waals surface area contributed by atoms with Crippen molar-refractivity contribution in [1.82, 2.24) is 10.6 Å². The molecule has 0 spiro atoms. The standard InChI is InChI=1S/C15H21ClN2O2/c16-13-7-5-12(6-8-13)14(11-3-1-2-4-11)18-15(20)17-9-10-19/h5-8,11,14,19H,1-4,9-10H2,(H2,17,18,20). The zero-order chi connectivity index (χ0) is 14.4. The number of hydrogen-bond donors (Lipinski definition) is 3. The summed E-state index contributed by atoms with van der Waals surface area (Å²) in [4.78, 5) is 11.8. The molecule has 0 saturated heterocycles. The van der Waals surface area contributed by atoms with Crippen molar-refractivity contribution in [1.29, 1.82) is 0 Å². The average Bonchev–Trinajstić information content (AvgIpc) is 2.97. The zero-order valence-corrected chi connectivity index (χ0v) is 12.2. The Morgan fingerprint density at radius 2 is 1.95 bits per heavy atom. The molecule has 1 aromatic carbocycles. The van der Waals surface area contributed by atoms with E-state index in [1.54, 1.807) is 0 Å². The van der Waals surface area contributed by atoms with Crippen LogP contribution in [0.1, 0.15) is 37.3 Å². The van der Waals surface area contributed by atoms with Gasteiger partial charge in [-0.2, -0.15) is 0 Å². The van der Waals surface area contributed by atoms with Gasteiger partial charge in [0.15, 0.2) is 0 Å². The Kier molecular flexibility index (Phi) is 5.68. The summed E-state index contributed by atoms with van der Waals surface area (Å²) < 4.78 is 0. The molecule has 1 aromatic rings. The van der Waals surface area contributed by atoms with Gasteiger partial charge in [-0.15, -0.1) is 0 Å². The third kappa shape index (κ3) is 4.12. The van der Waals surface area contributed by atoms with E-state index in [9.17, 15) is 4.79 Å². The van der Waals surface area contributed by atoms with E-state index < -0.39 is 0 Å². The van der Waals surface area contributed by atoms with E-state index >= 15 is 0 Å². The number of carbonyl (C=O) groups excluding carboxylic acids is 1. The Hall–Kier alpha value is -1.26. The molecule has 0 radical (unpaired) electrons. The molecular formula is C15H21ClN2O2. The molecule has 4 nitrogen and oxygen atoms in total. The lowest BCUT2D eigenvalue weighted by atomic mass is 9.92. The van der Waals surface area contributed by atoms with Crippen molar-refractivity contribution in [2.45, 2.75) is 31.7 Å². The second kappa shape index (κ2) is 7.50. The topological polar surface area (TPSA) is 61.4 Å². The minimum atomic E-state index is -0.231. The Labute approximate surface area is 124 Å². The first kappa shape index (κ1) is 15.1. The maximum Gasteiger partial charge on any atom is 0.315 e. The molecular weight excluding hydrogens is 276 g/mol. The Morgan fingerprint density at radius 1 is 1.30 bits per heavy atom. The Morgan fingerprint density at radius 3 is 2.55 bits per heavy atom. The first-order valence-electron chi connectivity index (χ1n) is 7.11. The van der Waals surface area contributed by atoms with E-state index in [0.29, 0.717) is 10.9 Å². The number of benzene rings is 1. The van der Waals surface area contributed by atoms with Crippen LogP contribution >= 0.6 is 11.6 Å². The van der Waals surface area contributed by atoms with E-state index in [1.807, 2.05) is 24.3 Å². The van der Waals surface area contributed by atoms with Crippen LogP contribution in [0.5, 0.6) is 0 Å². The highest BCUT2D eigenvalue weighted by atomic mass is 35.5. The summed E-state index contributed by atoms with van der Waals surface area (Å²) in [5.74, 6) is 0.469. The first-order valence-corrected chi connectivity index (χ1v) is 7.49. The average molecular weight is 297 g/mol. The summed E-state index contributed by atoms with van der Waals surface area (Å²) in [6.45, 7) is 0.215. The van der Waals surface area contributed by atoms with Crippen molar-refractivity contribution in [3.05, 3.63) is 34.9 Å². The van der Waals surface area contributed by atoms with Crippen molar-refractivity contribution in [2.24, 2.45) is 5.92 Å². The highest BCUT2D eigenvalue weighted by Crippen LogP contribution is 2.35. The quantitative estimate of drug-likeness (QED) is 0.782. The molecule has 0 aliphatic heterocycles. The second-order valence-electron chi connectivity index (χ2n) is 5.20. The first-order chi connectivity index (χ1) is 9.70. The number of halogens is 1. The van der Waals surface area contributed by atoms with Gasteiger partial charge in [-0.1, -0.05) is 36.6 Å². The van der Waals surface area contributed by atoms with Gasteiger partial charge in [0.2, 0.25) is 0 Å². The van der Waals surface area contributed by atoms with Crippen LogP contribution in [-0.2, 0) is 0 Å². The van der Waals surface area contributed by atoms with Crippen molar-refractivity contribution < 1.29 is 9.90 Å². The SMILES string of the molecule is O=C(NCCO)NC(c1ccc(Cl)cc1)C1CCCC1. The molecule has 3 N–H and O–H groups in total. The van der Waals surface area contributed by atoms with Crippen LogP contribution in [0.3, 0.4) is 0 Å². The fourth-order valence-electron chi connectivity index (χ4n) is 2.80. The molecule has 2 amide bonds. The summed E-state index contributed by atoms with van der Waals surface area (Å²) in [6.07, 6.45) is 4.70. The molecule has 0 heterocycles. The van der Waals surface area contributed by atoms with E-state index in [2.05, 4.69) is 10.6 Å². The van der Waals surface area contributed by atoms with Gasteiger partial charge in [-0.05, 0) is 36.5 Å². The lowest BCUT2D eigenvalue weighted by Crippen LogP contribution is -2.41. The molecule has 2 rings (SSSR count). The van der Waals surface area contributed by atoms with Crippen molar-refractivity contribution in [2.75, 3.05) is 13.2 Å². The van der Waals surface area contributed by atoms with Gasteiger partial charge in [-0.25, -0.2) is 4.79 Å².